The van der Waals surface area contributed by atoms with Crippen molar-refractivity contribution in [3.63, 3.8) is 0 Å². The first-order valence-electron chi connectivity index (χ1n) is 9.63. The first kappa shape index (κ1) is 19.3. The number of hydrogen-bond acceptors (Lipinski definition) is 3. The van der Waals surface area contributed by atoms with Gasteiger partial charge in [-0.3, -0.25) is 4.79 Å². The van der Waals surface area contributed by atoms with Crippen LogP contribution < -0.4 is 16.1 Å². The highest BCUT2D eigenvalue weighted by Gasteiger charge is 2.26. The van der Waals surface area contributed by atoms with Crippen molar-refractivity contribution in [1.29, 1.82) is 0 Å². The van der Waals surface area contributed by atoms with E-state index in [2.05, 4.69) is 15.6 Å². The van der Waals surface area contributed by atoms with Crippen molar-refractivity contribution in [2.45, 2.75) is 31.8 Å². The van der Waals surface area contributed by atoms with Gasteiger partial charge in [0.05, 0.1) is 15.6 Å². The summed E-state index contributed by atoms with van der Waals surface area (Å²) >= 11 is 12.1. The van der Waals surface area contributed by atoms with E-state index in [0.717, 1.165) is 41.8 Å². The number of H-pyrrole nitrogens is 1. The van der Waals surface area contributed by atoms with E-state index in [-0.39, 0.29) is 5.43 Å². The van der Waals surface area contributed by atoms with E-state index in [4.69, 9.17) is 23.2 Å². The number of rotatable bonds is 6. The molecule has 1 heterocycles. The van der Waals surface area contributed by atoms with E-state index in [1.54, 1.807) is 6.07 Å². The van der Waals surface area contributed by atoms with Crippen molar-refractivity contribution in [2.75, 3.05) is 11.9 Å². The normalized spacial score (nSPS) is 19.2. The van der Waals surface area contributed by atoms with Gasteiger partial charge in [0, 0.05) is 30.6 Å². The summed E-state index contributed by atoms with van der Waals surface area (Å²) in [6.45, 7) is 1.60. The SMILES string of the molecule is O=c1cc(NCC2CCC[C@H]2NCc2ccc(Cl)c(Cl)c2)[nH]c2ccccc12. The molecule has 3 N–H and O–H groups in total. The Hall–Kier alpha value is -2.01. The predicted molar refractivity (Wildman–Crippen MR) is 117 cm³/mol. The second-order valence-electron chi connectivity index (χ2n) is 7.40. The molecule has 3 aromatic rings. The lowest BCUT2D eigenvalue weighted by Crippen LogP contribution is -2.35. The molecule has 1 unspecified atom stereocenters. The molecule has 146 valence electrons. The lowest BCUT2D eigenvalue weighted by atomic mass is 10.0. The fourth-order valence-corrected chi connectivity index (χ4v) is 4.30. The summed E-state index contributed by atoms with van der Waals surface area (Å²) in [5.41, 5.74) is 2.03. The number of pyridine rings is 1. The lowest BCUT2D eigenvalue weighted by Gasteiger charge is -2.22. The van der Waals surface area contributed by atoms with E-state index in [9.17, 15) is 4.79 Å². The second kappa shape index (κ2) is 8.56. The van der Waals surface area contributed by atoms with Crippen LogP contribution in [0.2, 0.25) is 10.0 Å². The Labute approximate surface area is 174 Å². The van der Waals surface area contributed by atoms with Crippen molar-refractivity contribution < 1.29 is 0 Å². The van der Waals surface area contributed by atoms with E-state index in [0.29, 0.717) is 22.0 Å². The molecule has 28 heavy (non-hydrogen) atoms. The highest BCUT2D eigenvalue weighted by molar-refractivity contribution is 6.42. The minimum absolute atomic E-state index is 0.0394. The van der Waals surface area contributed by atoms with Gasteiger partial charge in [0.2, 0.25) is 0 Å². The van der Waals surface area contributed by atoms with Crippen molar-refractivity contribution in [2.24, 2.45) is 5.92 Å². The molecule has 4 rings (SSSR count). The third-order valence-electron chi connectivity index (χ3n) is 5.50. The second-order valence-corrected chi connectivity index (χ2v) is 8.21. The zero-order valence-electron chi connectivity index (χ0n) is 15.5. The monoisotopic (exact) mass is 415 g/mol. The topological polar surface area (TPSA) is 56.9 Å². The molecule has 1 aromatic heterocycles. The number of aromatic nitrogens is 1. The average molecular weight is 416 g/mol. The van der Waals surface area contributed by atoms with Crippen LogP contribution in [0.1, 0.15) is 24.8 Å². The Morgan fingerprint density at radius 2 is 1.89 bits per heavy atom. The highest BCUT2D eigenvalue weighted by atomic mass is 35.5. The van der Waals surface area contributed by atoms with Gasteiger partial charge in [-0.05, 0) is 48.6 Å². The van der Waals surface area contributed by atoms with Crippen LogP contribution in [0.5, 0.6) is 0 Å². The van der Waals surface area contributed by atoms with Gasteiger partial charge in [0.15, 0.2) is 5.43 Å². The van der Waals surface area contributed by atoms with Crippen molar-refractivity contribution in [3.8, 4) is 0 Å². The summed E-state index contributed by atoms with van der Waals surface area (Å²) < 4.78 is 0. The number of nitrogens with one attached hydrogen (secondary N) is 3. The Morgan fingerprint density at radius 1 is 1.04 bits per heavy atom. The fraction of sp³-hybridized carbons (Fsp3) is 0.318. The van der Waals surface area contributed by atoms with E-state index in [1.165, 1.54) is 12.8 Å². The van der Waals surface area contributed by atoms with Gasteiger partial charge in [0.1, 0.15) is 5.82 Å². The predicted octanol–water partition coefficient (Wildman–Crippen LogP) is 5.21. The molecular weight excluding hydrogens is 393 g/mol. The molecule has 1 aliphatic carbocycles. The number of para-hydroxylation sites is 1. The average Bonchev–Trinajstić information content (AvgIpc) is 3.15. The van der Waals surface area contributed by atoms with Crippen LogP contribution in [0.15, 0.2) is 53.3 Å². The first-order chi connectivity index (χ1) is 13.6. The first-order valence-corrected chi connectivity index (χ1v) is 10.4. The minimum atomic E-state index is 0.0394. The van der Waals surface area contributed by atoms with Crippen LogP contribution >= 0.6 is 23.2 Å². The number of halogens is 2. The fourth-order valence-electron chi connectivity index (χ4n) is 3.98. The van der Waals surface area contributed by atoms with Gasteiger partial charge in [-0.15, -0.1) is 0 Å². The van der Waals surface area contributed by atoms with Gasteiger partial charge < -0.3 is 15.6 Å². The van der Waals surface area contributed by atoms with Gasteiger partial charge in [-0.2, -0.15) is 0 Å². The van der Waals surface area contributed by atoms with Gasteiger partial charge in [-0.25, -0.2) is 0 Å². The number of anilines is 1. The molecule has 0 amide bonds. The van der Waals surface area contributed by atoms with Crippen molar-refractivity contribution >= 4 is 39.9 Å². The van der Waals surface area contributed by atoms with Crippen LogP contribution in [0.4, 0.5) is 5.82 Å². The quantitative estimate of drug-likeness (QED) is 0.517. The van der Waals surface area contributed by atoms with Crippen molar-refractivity contribution in [1.82, 2.24) is 10.3 Å². The number of hydrogen-bond donors (Lipinski definition) is 3. The molecule has 1 fully saturated rings. The number of aromatic amines is 1. The largest absolute Gasteiger partial charge is 0.371 e. The molecule has 0 saturated heterocycles. The van der Waals surface area contributed by atoms with E-state index in [1.807, 2.05) is 42.5 Å². The summed E-state index contributed by atoms with van der Waals surface area (Å²) in [5, 5.41) is 8.98. The lowest BCUT2D eigenvalue weighted by molar-refractivity contribution is 0.413. The van der Waals surface area contributed by atoms with Crippen LogP contribution in [-0.2, 0) is 6.54 Å². The Balaban J connectivity index is 1.37. The molecule has 2 aromatic carbocycles. The molecule has 0 radical (unpaired) electrons. The molecular formula is C22H23Cl2N3O. The molecule has 1 aliphatic rings. The molecule has 0 aliphatic heterocycles. The standard InChI is InChI=1S/C22H23Cl2N3O/c23-17-9-8-14(10-18(17)24)12-25-19-7-3-4-15(19)13-26-22-11-21(28)16-5-1-2-6-20(16)27-22/h1-2,5-6,8-11,15,19,25H,3-4,7,12-13H2,(H2,26,27,28)/t15?,19-/m1/s1. The smallest absolute Gasteiger partial charge is 0.191 e. The third kappa shape index (κ3) is 4.35. The van der Waals surface area contributed by atoms with Crippen LogP contribution in [0.25, 0.3) is 10.9 Å². The molecule has 4 nitrogen and oxygen atoms in total. The zero-order valence-corrected chi connectivity index (χ0v) is 17.0. The van der Waals surface area contributed by atoms with Crippen LogP contribution in [-0.4, -0.2) is 17.6 Å². The molecule has 6 heteroatoms. The molecule has 1 saturated carbocycles. The summed E-state index contributed by atoms with van der Waals surface area (Å²) in [7, 11) is 0. The summed E-state index contributed by atoms with van der Waals surface area (Å²) in [6.07, 6.45) is 3.53. The Morgan fingerprint density at radius 3 is 2.75 bits per heavy atom. The van der Waals surface area contributed by atoms with Gasteiger partial charge >= 0.3 is 0 Å². The van der Waals surface area contributed by atoms with Gasteiger partial charge in [0.25, 0.3) is 0 Å². The molecule has 0 spiro atoms. The summed E-state index contributed by atoms with van der Waals surface area (Å²) in [4.78, 5) is 15.6. The highest BCUT2D eigenvalue weighted by Crippen LogP contribution is 2.27. The maximum Gasteiger partial charge on any atom is 0.191 e. The van der Waals surface area contributed by atoms with E-state index >= 15 is 0 Å². The Bertz CT molecular complexity index is 1030. The molecule has 2 atom stereocenters. The van der Waals surface area contributed by atoms with E-state index < -0.39 is 0 Å². The zero-order chi connectivity index (χ0) is 19.5. The summed E-state index contributed by atoms with van der Waals surface area (Å²) in [6, 6.07) is 15.4. The number of benzene rings is 2. The molecule has 0 bridgehead atoms. The van der Waals surface area contributed by atoms with Crippen LogP contribution in [0.3, 0.4) is 0 Å². The maximum absolute atomic E-state index is 12.3. The summed E-state index contributed by atoms with van der Waals surface area (Å²) in [5.74, 6) is 1.29. The third-order valence-corrected chi connectivity index (χ3v) is 6.24. The number of fused-ring (bicyclic) bond motifs is 1. The van der Waals surface area contributed by atoms with Gasteiger partial charge in [-0.1, -0.05) is 47.8 Å². The maximum atomic E-state index is 12.3. The van der Waals surface area contributed by atoms with Crippen LogP contribution in [0, 0.1) is 5.92 Å². The minimum Gasteiger partial charge on any atom is -0.371 e. The Kier molecular flexibility index (Phi) is 5.90. The van der Waals surface area contributed by atoms with Crippen molar-refractivity contribution in [3.05, 3.63) is 74.4 Å².